The molecule has 1 aromatic heterocycles. The Morgan fingerprint density at radius 2 is 2.05 bits per heavy atom. The molecule has 1 atom stereocenters. The van der Waals surface area contributed by atoms with E-state index in [-0.39, 0.29) is 0 Å². The first-order chi connectivity index (χ1) is 9.05. The molecule has 0 spiro atoms. The van der Waals surface area contributed by atoms with Gasteiger partial charge in [-0.05, 0) is 26.0 Å². The third-order valence-corrected chi connectivity index (χ3v) is 3.31. The third kappa shape index (κ3) is 2.88. The van der Waals surface area contributed by atoms with E-state index < -0.39 is 5.60 Å². The number of rotatable bonds is 4. The molecule has 0 saturated carbocycles. The van der Waals surface area contributed by atoms with Crippen LogP contribution in [0.25, 0.3) is 0 Å². The monoisotopic (exact) mass is 277 g/mol. The summed E-state index contributed by atoms with van der Waals surface area (Å²) in [7, 11) is 0. The largest absolute Gasteiger partial charge is 0.492 e. The van der Waals surface area contributed by atoms with Crippen molar-refractivity contribution >= 4 is 11.6 Å². The van der Waals surface area contributed by atoms with E-state index in [1.165, 1.54) is 0 Å². The molecule has 0 aliphatic rings. The second-order valence-electron chi connectivity index (χ2n) is 4.39. The summed E-state index contributed by atoms with van der Waals surface area (Å²) in [6, 6.07) is 9.01. The molecular formula is C15H16ClNO2. The smallest absolute Gasteiger partial charge is 0.137 e. The van der Waals surface area contributed by atoms with Gasteiger partial charge < -0.3 is 9.84 Å². The van der Waals surface area contributed by atoms with Crippen LogP contribution >= 0.6 is 11.6 Å². The summed E-state index contributed by atoms with van der Waals surface area (Å²) in [4.78, 5) is 4.10. The highest BCUT2D eigenvalue weighted by Crippen LogP contribution is 2.34. The number of halogens is 1. The summed E-state index contributed by atoms with van der Waals surface area (Å²) in [6.45, 7) is 4.15. The maximum atomic E-state index is 10.8. The molecule has 19 heavy (non-hydrogen) atoms. The van der Waals surface area contributed by atoms with Crippen LogP contribution < -0.4 is 4.74 Å². The molecular weight excluding hydrogens is 262 g/mol. The number of aromatic nitrogens is 1. The number of aliphatic hydroxyl groups is 1. The highest BCUT2D eigenvalue weighted by atomic mass is 35.5. The average molecular weight is 278 g/mol. The van der Waals surface area contributed by atoms with Crippen LogP contribution in [-0.2, 0) is 5.60 Å². The molecule has 0 aliphatic carbocycles. The van der Waals surface area contributed by atoms with Gasteiger partial charge >= 0.3 is 0 Å². The highest BCUT2D eigenvalue weighted by Gasteiger charge is 2.28. The molecule has 0 amide bonds. The normalized spacial score (nSPS) is 13.9. The molecule has 1 N–H and O–H groups in total. The molecule has 1 unspecified atom stereocenters. The summed E-state index contributed by atoms with van der Waals surface area (Å²) < 4.78 is 5.40. The van der Waals surface area contributed by atoms with E-state index >= 15 is 0 Å². The van der Waals surface area contributed by atoms with Crippen molar-refractivity contribution in [3.05, 3.63) is 58.9 Å². The van der Waals surface area contributed by atoms with E-state index in [4.69, 9.17) is 16.3 Å². The predicted molar refractivity (Wildman–Crippen MR) is 75.5 cm³/mol. The van der Waals surface area contributed by atoms with Gasteiger partial charge in [0.15, 0.2) is 0 Å². The summed E-state index contributed by atoms with van der Waals surface area (Å²) in [6.07, 6.45) is 3.24. The van der Waals surface area contributed by atoms with Crippen LogP contribution in [0, 0.1) is 0 Å². The molecule has 2 aromatic rings. The molecule has 0 aliphatic heterocycles. The Morgan fingerprint density at radius 1 is 1.32 bits per heavy atom. The van der Waals surface area contributed by atoms with E-state index in [2.05, 4.69) is 4.98 Å². The minimum atomic E-state index is -1.21. The van der Waals surface area contributed by atoms with Gasteiger partial charge in [0.2, 0.25) is 0 Å². The first kappa shape index (κ1) is 13.8. The lowest BCUT2D eigenvalue weighted by Gasteiger charge is -2.25. The second-order valence-corrected chi connectivity index (χ2v) is 4.80. The van der Waals surface area contributed by atoms with Crippen molar-refractivity contribution in [1.82, 2.24) is 4.98 Å². The van der Waals surface area contributed by atoms with E-state index in [1.807, 2.05) is 19.1 Å². The Kier molecular flexibility index (Phi) is 4.08. The first-order valence-corrected chi connectivity index (χ1v) is 6.49. The van der Waals surface area contributed by atoms with Crippen molar-refractivity contribution in [3.8, 4) is 5.75 Å². The predicted octanol–water partition coefficient (Wildman–Crippen LogP) is 3.39. The fourth-order valence-corrected chi connectivity index (χ4v) is 2.26. The zero-order valence-electron chi connectivity index (χ0n) is 10.9. The lowest BCUT2D eigenvalue weighted by molar-refractivity contribution is 0.102. The van der Waals surface area contributed by atoms with Crippen molar-refractivity contribution < 1.29 is 9.84 Å². The first-order valence-electron chi connectivity index (χ1n) is 6.11. The van der Waals surface area contributed by atoms with Gasteiger partial charge in [0.05, 0.1) is 12.8 Å². The quantitative estimate of drug-likeness (QED) is 0.931. The minimum Gasteiger partial charge on any atom is -0.492 e. The second kappa shape index (κ2) is 5.59. The summed E-state index contributed by atoms with van der Waals surface area (Å²) in [5, 5.41) is 11.3. The number of benzene rings is 1. The summed E-state index contributed by atoms with van der Waals surface area (Å²) >= 11 is 6.15. The molecule has 2 rings (SSSR count). The Bertz CT molecular complexity index is 570. The fourth-order valence-electron chi connectivity index (χ4n) is 1.94. The van der Waals surface area contributed by atoms with Gasteiger partial charge in [-0.2, -0.15) is 0 Å². The van der Waals surface area contributed by atoms with Crippen LogP contribution in [-0.4, -0.2) is 16.7 Å². The number of nitrogens with zero attached hydrogens (tertiary/aromatic N) is 1. The maximum Gasteiger partial charge on any atom is 0.137 e. The Hall–Kier alpha value is -1.58. The average Bonchev–Trinajstić information content (AvgIpc) is 2.40. The van der Waals surface area contributed by atoms with E-state index in [9.17, 15) is 5.11 Å². The zero-order chi connectivity index (χ0) is 13.9. The van der Waals surface area contributed by atoms with Crippen LogP contribution in [0.1, 0.15) is 25.0 Å². The van der Waals surface area contributed by atoms with E-state index in [0.717, 1.165) is 0 Å². The summed E-state index contributed by atoms with van der Waals surface area (Å²) in [5.41, 5.74) is 0.0806. The van der Waals surface area contributed by atoms with Gasteiger partial charge in [0.1, 0.15) is 11.4 Å². The van der Waals surface area contributed by atoms with Crippen molar-refractivity contribution in [3.63, 3.8) is 0 Å². The Labute approximate surface area is 117 Å². The molecule has 0 radical (unpaired) electrons. The summed E-state index contributed by atoms with van der Waals surface area (Å²) in [5.74, 6) is 0.632. The highest BCUT2D eigenvalue weighted by molar-refractivity contribution is 6.31. The van der Waals surface area contributed by atoms with Crippen molar-refractivity contribution in [2.24, 2.45) is 0 Å². The number of pyridine rings is 1. The number of hydrogen-bond acceptors (Lipinski definition) is 3. The van der Waals surface area contributed by atoms with Crippen LogP contribution in [0.3, 0.4) is 0 Å². The van der Waals surface area contributed by atoms with Gasteiger partial charge in [0.25, 0.3) is 0 Å². The van der Waals surface area contributed by atoms with Gasteiger partial charge in [-0.3, -0.25) is 4.98 Å². The van der Waals surface area contributed by atoms with E-state index in [1.54, 1.807) is 37.5 Å². The van der Waals surface area contributed by atoms with Gasteiger partial charge in [-0.1, -0.05) is 29.8 Å². The van der Waals surface area contributed by atoms with Crippen molar-refractivity contribution in [2.45, 2.75) is 19.4 Å². The molecule has 3 nitrogen and oxygen atoms in total. The molecule has 0 bridgehead atoms. The standard InChI is InChI=1S/C15H16ClNO2/c1-3-19-12-8-11(9-17-10-12)15(2,18)13-6-4-5-7-14(13)16/h4-10,18H,3H2,1-2H3. The van der Waals surface area contributed by atoms with Crippen molar-refractivity contribution in [1.29, 1.82) is 0 Å². The topological polar surface area (TPSA) is 42.4 Å². The van der Waals surface area contributed by atoms with Gasteiger partial charge in [0, 0.05) is 22.3 Å². The zero-order valence-corrected chi connectivity index (χ0v) is 11.7. The molecule has 4 heteroatoms. The fraction of sp³-hybridized carbons (Fsp3) is 0.267. The van der Waals surface area contributed by atoms with Crippen molar-refractivity contribution in [2.75, 3.05) is 6.61 Å². The third-order valence-electron chi connectivity index (χ3n) is 2.98. The molecule has 100 valence electrons. The van der Waals surface area contributed by atoms with Gasteiger partial charge in [-0.25, -0.2) is 0 Å². The molecule has 1 heterocycles. The van der Waals surface area contributed by atoms with Crippen LogP contribution in [0.2, 0.25) is 5.02 Å². The van der Waals surface area contributed by atoms with Crippen LogP contribution in [0.4, 0.5) is 0 Å². The molecule has 0 saturated heterocycles. The van der Waals surface area contributed by atoms with Gasteiger partial charge in [-0.15, -0.1) is 0 Å². The molecule has 0 fully saturated rings. The number of ether oxygens (including phenoxy) is 1. The lowest BCUT2D eigenvalue weighted by Crippen LogP contribution is -2.23. The minimum absolute atomic E-state index is 0.523. The van der Waals surface area contributed by atoms with Crippen LogP contribution in [0.5, 0.6) is 5.75 Å². The molecule has 1 aromatic carbocycles. The Balaban J connectivity index is 2.44. The lowest BCUT2D eigenvalue weighted by atomic mass is 9.89. The maximum absolute atomic E-state index is 10.8. The van der Waals surface area contributed by atoms with Crippen LogP contribution in [0.15, 0.2) is 42.7 Å². The SMILES string of the molecule is CCOc1cncc(C(C)(O)c2ccccc2Cl)c1. The number of hydrogen-bond donors (Lipinski definition) is 1. The van der Waals surface area contributed by atoms with E-state index in [0.29, 0.717) is 28.5 Å². The Morgan fingerprint density at radius 3 is 2.74 bits per heavy atom.